The third kappa shape index (κ3) is 8.41. The average molecular weight is 469 g/mol. The molecular formula is C27H32O7. The normalized spacial score (nSPS) is 10.3. The summed E-state index contributed by atoms with van der Waals surface area (Å²) in [6.07, 6.45) is 1.01. The second kappa shape index (κ2) is 13.9. The molecule has 0 aliphatic carbocycles. The van der Waals surface area contributed by atoms with Crippen LogP contribution in [0.2, 0.25) is 0 Å². The average Bonchev–Trinajstić information content (AvgIpc) is 2.83. The monoisotopic (exact) mass is 468 g/mol. The van der Waals surface area contributed by atoms with E-state index in [-0.39, 0.29) is 33.0 Å². The standard InChI is InChI=1S/C27H32O7/c1-19(2)26(29)33-15-13-31-24-17-22(21-9-6-5-7-10-21)18-25(23(24)11-8-12-28)32-14-16-34-27(30)20(3)4/h5-7,9-10,17-18,28H,1,3,8,11-16H2,2,4H3. The summed E-state index contributed by atoms with van der Waals surface area (Å²) in [6.45, 7) is 10.7. The van der Waals surface area contributed by atoms with Crippen molar-refractivity contribution in [3.63, 3.8) is 0 Å². The van der Waals surface area contributed by atoms with Gasteiger partial charge in [-0.05, 0) is 49.9 Å². The predicted molar refractivity (Wildman–Crippen MR) is 130 cm³/mol. The van der Waals surface area contributed by atoms with E-state index in [1.54, 1.807) is 13.8 Å². The van der Waals surface area contributed by atoms with Crippen LogP contribution in [0.3, 0.4) is 0 Å². The lowest BCUT2D eigenvalue weighted by atomic mass is 9.99. The first kappa shape index (κ1) is 26.7. The van der Waals surface area contributed by atoms with Gasteiger partial charge in [-0.3, -0.25) is 0 Å². The Labute approximate surface area is 200 Å². The Morgan fingerprint density at radius 3 is 1.74 bits per heavy atom. The molecule has 7 nitrogen and oxygen atoms in total. The van der Waals surface area contributed by atoms with Gasteiger partial charge in [-0.25, -0.2) is 9.59 Å². The summed E-state index contributed by atoms with van der Waals surface area (Å²) in [5, 5.41) is 9.38. The molecular weight excluding hydrogens is 436 g/mol. The van der Waals surface area contributed by atoms with E-state index in [4.69, 9.17) is 18.9 Å². The van der Waals surface area contributed by atoms with Crippen LogP contribution in [0.1, 0.15) is 25.8 Å². The van der Waals surface area contributed by atoms with Crippen LogP contribution in [0.5, 0.6) is 11.5 Å². The Morgan fingerprint density at radius 1 is 0.794 bits per heavy atom. The zero-order valence-corrected chi connectivity index (χ0v) is 19.8. The maximum absolute atomic E-state index is 11.6. The van der Waals surface area contributed by atoms with Gasteiger partial charge in [0.05, 0.1) is 0 Å². The molecule has 0 fully saturated rings. The summed E-state index contributed by atoms with van der Waals surface area (Å²) in [7, 11) is 0. The minimum atomic E-state index is -0.476. The maximum atomic E-state index is 11.6. The lowest BCUT2D eigenvalue weighted by Crippen LogP contribution is -2.15. The zero-order chi connectivity index (χ0) is 24.9. The SMILES string of the molecule is C=C(C)C(=O)OCCOc1cc(-c2ccccc2)cc(OCCOC(=O)C(=C)C)c1CCCO. The van der Waals surface area contributed by atoms with Gasteiger partial charge in [-0.15, -0.1) is 0 Å². The lowest BCUT2D eigenvalue weighted by Gasteiger charge is -2.19. The lowest BCUT2D eigenvalue weighted by molar-refractivity contribution is -0.140. The fourth-order valence-corrected chi connectivity index (χ4v) is 3.00. The number of carbonyl (C=O) groups excluding carboxylic acids is 2. The molecule has 0 aliphatic rings. The molecule has 0 aliphatic heterocycles. The van der Waals surface area contributed by atoms with Crippen LogP contribution in [-0.4, -0.2) is 50.1 Å². The number of ether oxygens (including phenoxy) is 4. The molecule has 0 heterocycles. The van der Waals surface area contributed by atoms with Crippen molar-refractivity contribution in [3.8, 4) is 22.6 Å². The molecule has 2 aromatic carbocycles. The van der Waals surface area contributed by atoms with Crippen LogP contribution in [0, 0.1) is 0 Å². The molecule has 0 atom stereocenters. The van der Waals surface area contributed by atoms with Crippen molar-refractivity contribution in [1.82, 2.24) is 0 Å². The van der Waals surface area contributed by atoms with E-state index in [1.165, 1.54) is 0 Å². The topological polar surface area (TPSA) is 91.3 Å². The minimum Gasteiger partial charge on any atom is -0.490 e. The number of carbonyl (C=O) groups is 2. The van der Waals surface area contributed by atoms with Gasteiger partial charge in [0.25, 0.3) is 0 Å². The highest BCUT2D eigenvalue weighted by atomic mass is 16.6. The number of rotatable bonds is 14. The van der Waals surface area contributed by atoms with E-state index in [0.717, 1.165) is 16.7 Å². The Morgan fingerprint density at radius 2 is 1.29 bits per heavy atom. The summed E-state index contributed by atoms with van der Waals surface area (Å²) in [6, 6.07) is 13.5. The van der Waals surface area contributed by atoms with E-state index in [9.17, 15) is 14.7 Å². The van der Waals surface area contributed by atoms with Gasteiger partial charge in [-0.2, -0.15) is 0 Å². The van der Waals surface area contributed by atoms with E-state index >= 15 is 0 Å². The van der Waals surface area contributed by atoms with Crippen molar-refractivity contribution in [1.29, 1.82) is 0 Å². The maximum Gasteiger partial charge on any atom is 0.333 e. The molecule has 0 saturated carbocycles. The summed E-state index contributed by atoms with van der Waals surface area (Å²) < 4.78 is 22.2. The van der Waals surface area contributed by atoms with Crippen molar-refractivity contribution in [2.24, 2.45) is 0 Å². The van der Waals surface area contributed by atoms with Crippen LogP contribution >= 0.6 is 0 Å². The van der Waals surface area contributed by atoms with Crippen LogP contribution in [-0.2, 0) is 25.5 Å². The first-order valence-electron chi connectivity index (χ1n) is 11.1. The van der Waals surface area contributed by atoms with Gasteiger partial charge < -0.3 is 24.1 Å². The van der Waals surface area contributed by atoms with E-state index < -0.39 is 11.9 Å². The molecule has 0 aromatic heterocycles. The zero-order valence-electron chi connectivity index (χ0n) is 19.8. The molecule has 0 amide bonds. The number of hydrogen-bond donors (Lipinski definition) is 1. The van der Waals surface area contributed by atoms with Crippen LogP contribution in [0.4, 0.5) is 0 Å². The van der Waals surface area contributed by atoms with Crippen molar-refractivity contribution >= 4 is 11.9 Å². The van der Waals surface area contributed by atoms with E-state index in [0.29, 0.717) is 35.5 Å². The van der Waals surface area contributed by atoms with Crippen LogP contribution in [0.15, 0.2) is 66.8 Å². The Bertz CT molecular complexity index is 940. The molecule has 0 unspecified atom stereocenters. The fraction of sp³-hybridized carbons (Fsp3) is 0.333. The Kier molecular flexibility index (Phi) is 10.9. The first-order valence-corrected chi connectivity index (χ1v) is 11.1. The van der Waals surface area contributed by atoms with Crippen molar-refractivity contribution in [2.45, 2.75) is 26.7 Å². The minimum absolute atomic E-state index is 0.00572. The van der Waals surface area contributed by atoms with Crippen molar-refractivity contribution < 1.29 is 33.6 Å². The first-order chi connectivity index (χ1) is 16.3. The predicted octanol–water partition coefficient (Wildman–Crippen LogP) is 4.27. The number of hydrogen-bond acceptors (Lipinski definition) is 7. The summed E-state index contributed by atoms with van der Waals surface area (Å²) in [4.78, 5) is 23.3. The highest BCUT2D eigenvalue weighted by Gasteiger charge is 2.16. The quantitative estimate of drug-likeness (QED) is 0.251. The molecule has 2 aromatic rings. The van der Waals surface area contributed by atoms with Crippen LogP contribution < -0.4 is 9.47 Å². The van der Waals surface area contributed by atoms with Gasteiger partial charge in [-0.1, -0.05) is 43.5 Å². The van der Waals surface area contributed by atoms with Gasteiger partial charge >= 0.3 is 11.9 Å². The molecule has 0 bridgehead atoms. The second-order valence-corrected chi connectivity index (χ2v) is 7.67. The van der Waals surface area contributed by atoms with E-state index in [2.05, 4.69) is 13.2 Å². The van der Waals surface area contributed by atoms with Crippen molar-refractivity contribution in [3.05, 3.63) is 72.3 Å². The van der Waals surface area contributed by atoms with Gasteiger partial charge in [0.1, 0.15) is 37.9 Å². The Balaban J connectivity index is 2.27. The Hall–Kier alpha value is -3.58. The summed E-state index contributed by atoms with van der Waals surface area (Å²) >= 11 is 0. The summed E-state index contributed by atoms with van der Waals surface area (Å²) in [5.74, 6) is 0.177. The fourth-order valence-electron chi connectivity index (χ4n) is 3.00. The molecule has 0 radical (unpaired) electrons. The molecule has 0 spiro atoms. The number of aliphatic hydroxyl groups is 1. The smallest absolute Gasteiger partial charge is 0.333 e. The van der Waals surface area contributed by atoms with Gasteiger partial charge in [0.15, 0.2) is 0 Å². The molecule has 7 heteroatoms. The highest BCUT2D eigenvalue weighted by Crippen LogP contribution is 2.36. The number of benzene rings is 2. The van der Waals surface area contributed by atoms with Crippen molar-refractivity contribution in [2.75, 3.05) is 33.0 Å². The molecule has 2 rings (SSSR count). The molecule has 34 heavy (non-hydrogen) atoms. The van der Waals surface area contributed by atoms with Crippen LogP contribution in [0.25, 0.3) is 11.1 Å². The molecule has 0 saturated heterocycles. The van der Waals surface area contributed by atoms with E-state index in [1.807, 2.05) is 42.5 Å². The molecule has 182 valence electrons. The third-order valence-corrected chi connectivity index (χ3v) is 4.71. The molecule has 1 N–H and O–H groups in total. The number of esters is 2. The highest BCUT2D eigenvalue weighted by molar-refractivity contribution is 5.87. The van der Waals surface area contributed by atoms with Gasteiger partial charge in [0.2, 0.25) is 0 Å². The second-order valence-electron chi connectivity index (χ2n) is 7.67. The third-order valence-electron chi connectivity index (χ3n) is 4.71. The summed E-state index contributed by atoms with van der Waals surface area (Å²) in [5.41, 5.74) is 3.24. The number of aliphatic hydroxyl groups excluding tert-OH is 1. The van der Waals surface area contributed by atoms with Gasteiger partial charge in [0, 0.05) is 23.3 Å². The largest absolute Gasteiger partial charge is 0.490 e.